The van der Waals surface area contributed by atoms with Crippen LogP contribution in [0.4, 0.5) is 18.9 Å². The summed E-state index contributed by atoms with van der Waals surface area (Å²) in [4.78, 5) is 26.4. The van der Waals surface area contributed by atoms with Crippen LogP contribution in [0.25, 0.3) is 0 Å². The normalized spacial score (nSPS) is 17.4. The van der Waals surface area contributed by atoms with Crippen molar-refractivity contribution in [2.75, 3.05) is 11.9 Å². The molecule has 0 saturated carbocycles. The number of carbonyl (C=O) groups excluding carboxylic acids is 2. The standard InChI is InChI=1S/C11H13N3O3.C2H3F3/c12-10(15)8-6-7(3-4-13-8)14-11(16)9-2-1-5-17-9;1-2(3,4)5/h3-4,6,9H,1-2,5H2,(H2,12,15)(H,13,14,16);1H3. The van der Waals surface area contributed by atoms with Crippen molar-refractivity contribution in [1.29, 1.82) is 0 Å². The number of carbonyl (C=O) groups is 2. The molecule has 2 amide bonds. The first kappa shape index (κ1) is 17.9. The van der Waals surface area contributed by atoms with Gasteiger partial charge in [-0.05, 0) is 25.0 Å². The van der Waals surface area contributed by atoms with Crippen LogP contribution in [0.2, 0.25) is 0 Å². The number of nitrogens with zero attached hydrogens (tertiary/aromatic N) is 1. The van der Waals surface area contributed by atoms with Gasteiger partial charge in [0, 0.05) is 25.4 Å². The number of hydrogen-bond donors (Lipinski definition) is 2. The van der Waals surface area contributed by atoms with E-state index in [1.54, 1.807) is 6.07 Å². The van der Waals surface area contributed by atoms with E-state index in [0.717, 1.165) is 12.8 Å². The Bertz CT molecular complexity index is 523. The summed E-state index contributed by atoms with van der Waals surface area (Å²) in [6.45, 7) is 0.800. The average molecular weight is 319 g/mol. The highest BCUT2D eigenvalue weighted by Crippen LogP contribution is 2.15. The molecular weight excluding hydrogens is 303 g/mol. The molecule has 1 atom stereocenters. The van der Waals surface area contributed by atoms with E-state index in [1.165, 1.54) is 12.3 Å². The molecule has 122 valence electrons. The van der Waals surface area contributed by atoms with Crippen molar-refractivity contribution < 1.29 is 27.5 Å². The van der Waals surface area contributed by atoms with Crippen molar-refractivity contribution in [1.82, 2.24) is 4.98 Å². The fraction of sp³-hybridized carbons (Fsp3) is 0.462. The Morgan fingerprint density at radius 2 is 2.09 bits per heavy atom. The maximum Gasteiger partial charge on any atom is 0.386 e. The third-order valence-electron chi connectivity index (χ3n) is 2.50. The van der Waals surface area contributed by atoms with Crippen LogP contribution in [-0.4, -0.2) is 35.7 Å². The quantitative estimate of drug-likeness (QED) is 0.889. The second-order valence-corrected chi connectivity index (χ2v) is 4.57. The van der Waals surface area contributed by atoms with Gasteiger partial charge in [-0.25, -0.2) is 0 Å². The molecule has 0 spiro atoms. The number of primary amides is 1. The first-order valence-electron chi connectivity index (χ1n) is 6.42. The molecule has 2 rings (SSSR count). The van der Waals surface area contributed by atoms with Crippen LogP contribution >= 0.6 is 0 Å². The number of pyridine rings is 1. The van der Waals surface area contributed by atoms with Crippen molar-refractivity contribution >= 4 is 17.5 Å². The Balaban J connectivity index is 0.000000422. The zero-order chi connectivity index (χ0) is 16.8. The van der Waals surface area contributed by atoms with E-state index in [0.29, 0.717) is 12.3 Å². The van der Waals surface area contributed by atoms with Gasteiger partial charge in [-0.2, -0.15) is 13.2 Å². The van der Waals surface area contributed by atoms with Gasteiger partial charge in [-0.3, -0.25) is 14.6 Å². The summed E-state index contributed by atoms with van der Waals surface area (Å²) >= 11 is 0. The van der Waals surface area contributed by atoms with Crippen molar-refractivity contribution in [2.45, 2.75) is 32.0 Å². The summed E-state index contributed by atoms with van der Waals surface area (Å²) in [5, 5.41) is 2.67. The van der Waals surface area contributed by atoms with Crippen molar-refractivity contribution in [3.05, 3.63) is 24.0 Å². The first-order chi connectivity index (χ1) is 10.2. The molecule has 2 heterocycles. The third kappa shape index (κ3) is 7.02. The average Bonchev–Trinajstić information content (AvgIpc) is 2.91. The van der Waals surface area contributed by atoms with Crippen LogP contribution in [0.3, 0.4) is 0 Å². The highest BCUT2D eigenvalue weighted by molar-refractivity contribution is 5.96. The van der Waals surface area contributed by atoms with E-state index in [4.69, 9.17) is 10.5 Å². The predicted octanol–water partition coefficient (Wildman–Crippen LogP) is 1.87. The van der Waals surface area contributed by atoms with Gasteiger partial charge in [0.15, 0.2) is 0 Å². The number of rotatable bonds is 3. The molecule has 1 aromatic rings. The number of nitrogens with two attached hydrogens (primary N) is 1. The summed E-state index contributed by atoms with van der Waals surface area (Å²) in [6.07, 6.45) is -1.37. The number of ether oxygens (including phenoxy) is 1. The maximum absolute atomic E-state index is 11.7. The fourth-order valence-corrected chi connectivity index (χ4v) is 1.65. The van der Waals surface area contributed by atoms with Gasteiger partial charge >= 0.3 is 6.18 Å². The van der Waals surface area contributed by atoms with Crippen LogP contribution in [0.5, 0.6) is 0 Å². The number of anilines is 1. The Labute approximate surface area is 124 Å². The molecule has 1 saturated heterocycles. The van der Waals surface area contributed by atoms with Gasteiger partial charge in [-0.15, -0.1) is 0 Å². The molecule has 3 N–H and O–H groups in total. The van der Waals surface area contributed by atoms with Gasteiger partial charge in [0.05, 0.1) is 0 Å². The van der Waals surface area contributed by atoms with E-state index in [1.807, 2.05) is 0 Å². The minimum absolute atomic E-state index is 0.121. The predicted molar refractivity (Wildman–Crippen MR) is 72.1 cm³/mol. The Morgan fingerprint density at radius 1 is 1.45 bits per heavy atom. The van der Waals surface area contributed by atoms with Crippen molar-refractivity contribution in [2.24, 2.45) is 5.73 Å². The van der Waals surface area contributed by atoms with E-state index in [2.05, 4.69) is 10.3 Å². The molecule has 0 radical (unpaired) electrons. The highest BCUT2D eigenvalue weighted by atomic mass is 19.4. The van der Waals surface area contributed by atoms with Gasteiger partial charge < -0.3 is 15.8 Å². The monoisotopic (exact) mass is 319 g/mol. The number of aromatic nitrogens is 1. The minimum Gasteiger partial charge on any atom is -0.368 e. The number of amides is 2. The van der Waals surface area contributed by atoms with Crippen LogP contribution in [0.15, 0.2) is 18.3 Å². The van der Waals surface area contributed by atoms with E-state index < -0.39 is 18.2 Å². The molecule has 1 unspecified atom stereocenters. The van der Waals surface area contributed by atoms with Crippen LogP contribution in [0.1, 0.15) is 30.3 Å². The second-order valence-electron chi connectivity index (χ2n) is 4.57. The molecule has 22 heavy (non-hydrogen) atoms. The number of halogens is 3. The molecule has 0 aliphatic carbocycles. The molecule has 0 bridgehead atoms. The molecular formula is C13H16F3N3O3. The van der Waals surface area contributed by atoms with Crippen LogP contribution < -0.4 is 11.1 Å². The lowest BCUT2D eigenvalue weighted by atomic mass is 10.2. The zero-order valence-electron chi connectivity index (χ0n) is 11.8. The summed E-state index contributed by atoms with van der Waals surface area (Å²) in [7, 11) is 0. The lowest BCUT2D eigenvalue weighted by molar-refractivity contribution is -0.124. The SMILES string of the molecule is CC(F)(F)F.NC(=O)c1cc(NC(=O)C2CCCO2)ccn1. The van der Waals surface area contributed by atoms with E-state index in [9.17, 15) is 22.8 Å². The first-order valence-corrected chi connectivity index (χ1v) is 6.42. The molecule has 9 heteroatoms. The molecule has 1 aromatic heterocycles. The van der Waals surface area contributed by atoms with Crippen molar-refractivity contribution in [3.63, 3.8) is 0 Å². The van der Waals surface area contributed by atoms with Gasteiger partial charge in [0.2, 0.25) is 0 Å². The van der Waals surface area contributed by atoms with E-state index >= 15 is 0 Å². The molecule has 1 aliphatic rings. The third-order valence-corrected chi connectivity index (χ3v) is 2.50. The maximum atomic E-state index is 11.7. The fourth-order valence-electron chi connectivity index (χ4n) is 1.65. The largest absolute Gasteiger partial charge is 0.386 e. The number of hydrogen-bond acceptors (Lipinski definition) is 4. The van der Waals surface area contributed by atoms with Gasteiger partial charge in [0.1, 0.15) is 11.8 Å². The Hall–Kier alpha value is -2.16. The van der Waals surface area contributed by atoms with E-state index in [-0.39, 0.29) is 18.5 Å². The topological polar surface area (TPSA) is 94.3 Å². The summed E-state index contributed by atoms with van der Waals surface area (Å²) in [5.41, 5.74) is 5.71. The van der Waals surface area contributed by atoms with Crippen LogP contribution in [0, 0.1) is 0 Å². The Kier molecular flexibility index (Phi) is 6.29. The van der Waals surface area contributed by atoms with Gasteiger partial charge in [-0.1, -0.05) is 0 Å². The Morgan fingerprint density at radius 3 is 2.59 bits per heavy atom. The van der Waals surface area contributed by atoms with Crippen LogP contribution in [-0.2, 0) is 9.53 Å². The second kappa shape index (κ2) is 7.74. The smallest absolute Gasteiger partial charge is 0.368 e. The van der Waals surface area contributed by atoms with Gasteiger partial charge in [0.25, 0.3) is 11.8 Å². The van der Waals surface area contributed by atoms with Crippen molar-refractivity contribution in [3.8, 4) is 0 Å². The summed E-state index contributed by atoms with van der Waals surface area (Å²) in [5.74, 6) is -0.831. The number of nitrogens with one attached hydrogen (secondary N) is 1. The number of alkyl halides is 3. The lowest BCUT2D eigenvalue weighted by Crippen LogP contribution is -2.27. The molecule has 1 aliphatic heterocycles. The zero-order valence-corrected chi connectivity index (χ0v) is 11.8. The highest BCUT2D eigenvalue weighted by Gasteiger charge is 2.23. The lowest BCUT2D eigenvalue weighted by Gasteiger charge is -2.10. The molecule has 0 aromatic carbocycles. The minimum atomic E-state index is -4.00. The molecule has 1 fully saturated rings. The molecule has 6 nitrogen and oxygen atoms in total. The summed E-state index contributed by atoms with van der Waals surface area (Å²) < 4.78 is 36.3. The summed E-state index contributed by atoms with van der Waals surface area (Å²) in [6, 6.07) is 3.04.